The Hall–Kier alpha value is -2.43. The van der Waals surface area contributed by atoms with Crippen LogP contribution < -0.4 is 10.2 Å². The molecule has 0 saturated carbocycles. The first-order valence-electron chi connectivity index (χ1n) is 8.22. The molecule has 0 atom stereocenters. The van der Waals surface area contributed by atoms with E-state index in [-0.39, 0.29) is 5.91 Å². The molecule has 1 aliphatic rings. The Balaban J connectivity index is 1.58. The smallest absolute Gasteiger partial charge is 0.253 e. The third-order valence-electron chi connectivity index (χ3n) is 4.10. The summed E-state index contributed by atoms with van der Waals surface area (Å²) in [4.78, 5) is 23.1. The number of hydrogen-bond acceptors (Lipinski definition) is 4. The Morgan fingerprint density at radius 3 is 2.52 bits per heavy atom. The average Bonchev–Trinajstić information content (AvgIpc) is 2.90. The monoisotopic (exact) mass is 310 g/mol. The quantitative estimate of drug-likeness (QED) is 0.943. The topological polar surface area (TPSA) is 58.1 Å². The Bertz CT molecular complexity index is 619. The van der Waals surface area contributed by atoms with Crippen molar-refractivity contribution in [2.45, 2.75) is 32.2 Å². The van der Waals surface area contributed by atoms with Crippen LogP contribution in [0.1, 0.15) is 41.7 Å². The van der Waals surface area contributed by atoms with E-state index in [1.54, 1.807) is 12.4 Å². The van der Waals surface area contributed by atoms with Crippen molar-refractivity contribution in [3.8, 4) is 0 Å². The van der Waals surface area contributed by atoms with Gasteiger partial charge in [-0.3, -0.25) is 9.78 Å². The molecule has 120 valence electrons. The zero-order chi connectivity index (χ0) is 15.9. The van der Waals surface area contributed by atoms with Crippen molar-refractivity contribution < 1.29 is 4.79 Å². The van der Waals surface area contributed by atoms with E-state index in [0.29, 0.717) is 12.1 Å². The van der Waals surface area contributed by atoms with Gasteiger partial charge in [-0.15, -0.1) is 0 Å². The zero-order valence-electron chi connectivity index (χ0n) is 13.2. The van der Waals surface area contributed by atoms with Gasteiger partial charge in [0.15, 0.2) is 0 Å². The molecule has 1 N–H and O–H groups in total. The first kappa shape index (κ1) is 15.5. The van der Waals surface area contributed by atoms with Crippen LogP contribution in [-0.2, 0) is 6.54 Å². The Morgan fingerprint density at radius 2 is 1.87 bits per heavy atom. The molecule has 3 rings (SSSR count). The zero-order valence-corrected chi connectivity index (χ0v) is 13.2. The molecule has 1 amide bonds. The summed E-state index contributed by atoms with van der Waals surface area (Å²) < 4.78 is 0. The summed E-state index contributed by atoms with van der Waals surface area (Å²) >= 11 is 0. The maximum Gasteiger partial charge on any atom is 0.253 e. The van der Waals surface area contributed by atoms with Gasteiger partial charge in [-0.05, 0) is 37.1 Å². The summed E-state index contributed by atoms with van der Waals surface area (Å²) in [5.74, 6) is 0.846. The van der Waals surface area contributed by atoms with Gasteiger partial charge in [-0.1, -0.05) is 18.9 Å². The molecular weight excluding hydrogens is 288 g/mol. The van der Waals surface area contributed by atoms with Crippen LogP contribution in [0.2, 0.25) is 0 Å². The van der Waals surface area contributed by atoms with Gasteiger partial charge in [0.05, 0.1) is 17.8 Å². The van der Waals surface area contributed by atoms with Crippen LogP contribution in [0.5, 0.6) is 0 Å². The Kier molecular flexibility index (Phi) is 5.19. The lowest BCUT2D eigenvalue weighted by atomic mass is 10.2. The summed E-state index contributed by atoms with van der Waals surface area (Å²) in [5, 5.41) is 2.87. The number of anilines is 1. The van der Waals surface area contributed by atoms with E-state index >= 15 is 0 Å². The number of pyridine rings is 2. The van der Waals surface area contributed by atoms with Gasteiger partial charge in [0, 0.05) is 25.5 Å². The third kappa shape index (κ3) is 4.28. The molecule has 2 aromatic rings. The van der Waals surface area contributed by atoms with Crippen molar-refractivity contribution in [3.05, 3.63) is 54.0 Å². The molecule has 1 aliphatic heterocycles. The van der Waals surface area contributed by atoms with Crippen molar-refractivity contribution in [3.63, 3.8) is 0 Å². The standard InChI is InChI=1S/C18H22N4O/c23-18(21-14-16-7-3-4-10-19-16)15-8-9-17(20-13-15)22-11-5-1-2-6-12-22/h3-4,7-10,13H,1-2,5-6,11-12,14H2,(H,21,23). The maximum atomic E-state index is 12.2. The highest BCUT2D eigenvalue weighted by atomic mass is 16.1. The molecule has 5 nitrogen and oxygen atoms in total. The van der Waals surface area contributed by atoms with Crippen LogP contribution in [0, 0.1) is 0 Å². The number of nitrogens with zero attached hydrogens (tertiary/aromatic N) is 3. The van der Waals surface area contributed by atoms with Gasteiger partial charge in [0.2, 0.25) is 0 Å². The van der Waals surface area contributed by atoms with E-state index in [4.69, 9.17) is 0 Å². The van der Waals surface area contributed by atoms with E-state index in [1.807, 2.05) is 30.3 Å². The van der Waals surface area contributed by atoms with Gasteiger partial charge in [0.25, 0.3) is 5.91 Å². The molecule has 3 heterocycles. The second kappa shape index (κ2) is 7.72. The number of carbonyl (C=O) groups excluding carboxylic acids is 1. The highest BCUT2D eigenvalue weighted by Crippen LogP contribution is 2.17. The summed E-state index contributed by atoms with van der Waals surface area (Å²) in [6.45, 7) is 2.53. The summed E-state index contributed by atoms with van der Waals surface area (Å²) in [7, 11) is 0. The van der Waals surface area contributed by atoms with Crippen molar-refractivity contribution >= 4 is 11.7 Å². The minimum atomic E-state index is -0.120. The lowest BCUT2D eigenvalue weighted by molar-refractivity contribution is 0.0950. The minimum Gasteiger partial charge on any atom is -0.357 e. The molecule has 1 fully saturated rings. The second-order valence-corrected chi connectivity index (χ2v) is 5.81. The van der Waals surface area contributed by atoms with Gasteiger partial charge in [0.1, 0.15) is 5.82 Å². The highest BCUT2D eigenvalue weighted by molar-refractivity contribution is 5.93. The molecular formula is C18H22N4O. The SMILES string of the molecule is O=C(NCc1ccccn1)c1ccc(N2CCCCCC2)nc1. The van der Waals surface area contributed by atoms with Crippen LogP contribution in [0.4, 0.5) is 5.82 Å². The fourth-order valence-electron chi connectivity index (χ4n) is 2.78. The summed E-state index contributed by atoms with van der Waals surface area (Å²) in [6, 6.07) is 9.45. The van der Waals surface area contributed by atoms with Crippen LogP contribution in [-0.4, -0.2) is 29.0 Å². The van der Waals surface area contributed by atoms with Crippen molar-refractivity contribution in [1.29, 1.82) is 0 Å². The Morgan fingerprint density at radius 1 is 1.04 bits per heavy atom. The summed E-state index contributed by atoms with van der Waals surface area (Å²) in [6.07, 6.45) is 8.41. The van der Waals surface area contributed by atoms with Crippen LogP contribution in [0.15, 0.2) is 42.7 Å². The number of aromatic nitrogens is 2. The van der Waals surface area contributed by atoms with Crippen LogP contribution in [0.3, 0.4) is 0 Å². The lowest BCUT2D eigenvalue weighted by Gasteiger charge is -2.21. The van der Waals surface area contributed by atoms with Crippen molar-refractivity contribution in [1.82, 2.24) is 15.3 Å². The first-order valence-corrected chi connectivity index (χ1v) is 8.22. The van der Waals surface area contributed by atoms with Gasteiger partial charge in [-0.25, -0.2) is 4.98 Å². The van der Waals surface area contributed by atoms with Crippen molar-refractivity contribution in [2.75, 3.05) is 18.0 Å². The number of carbonyl (C=O) groups is 1. The number of amides is 1. The Labute approximate surface area is 136 Å². The van der Waals surface area contributed by atoms with Gasteiger partial charge in [-0.2, -0.15) is 0 Å². The lowest BCUT2D eigenvalue weighted by Crippen LogP contribution is -2.26. The molecule has 0 unspecified atom stereocenters. The molecule has 23 heavy (non-hydrogen) atoms. The van der Waals surface area contributed by atoms with E-state index in [1.165, 1.54) is 25.7 Å². The van der Waals surface area contributed by atoms with Crippen LogP contribution in [0.25, 0.3) is 0 Å². The second-order valence-electron chi connectivity index (χ2n) is 5.81. The maximum absolute atomic E-state index is 12.2. The van der Waals surface area contributed by atoms with E-state index in [2.05, 4.69) is 20.2 Å². The predicted octanol–water partition coefficient (Wildman–Crippen LogP) is 2.79. The molecule has 1 saturated heterocycles. The number of hydrogen-bond donors (Lipinski definition) is 1. The molecule has 5 heteroatoms. The molecule has 0 spiro atoms. The fraction of sp³-hybridized carbons (Fsp3) is 0.389. The third-order valence-corrected chi connectivity index (χ3v) is 4.10. The molecule has 0 aliphatic carbocycles. The van der Waals surface area contributed by atoms with E-state index in [0.717, 1.165) is 24.6 Å². The van der Waals surface area contributed by atoms with Crippen LogP contribution >= 0.6 is 0 Å². The number of rotatable bonds is 4. The largest absolute Gasteiger partial charge is 0.357 e. The van der Waals surface area contributed by atoms with Crippen molar-refractivity contribution in [2.24, 2.45) is 0 Å². The molecule has 0 radical (unpaired) electrons. The molecule has 0 bridgehead atoms. The first-order chi connectivity index (χ1) is 11.3. The van der Waals surface area contributed by atoms with Gasteiger partial charge >= 0.3 is 0 Å². The minimum absolute atomic E-state index is 0.120. The molecule has 0 aromatic carbocycles. The number of nitrogens with one attached hydrogen (secondary N) is 1. The summed E-state index contributed by atoms with van der Waals surface area (Å²) in [5.41, 5.74) is 1.43. The molecule has 2 aromatic heterocycles. The average molecular weight is 310 g/mol. The van der Waals surface area contributed by atoms with E-state index in [9.17, 15) is 4.79 Å². The predicted molar refractivity (Wildman–Crippen MR) is 90.3 cm³/mol. The highest BCUT2D eigenvalue weighted by Gasteiger charge is 2.12. The van der Waals surface area contributed by atoms with Gasteiger partial charge < -0.3 is 10.2 Å². The normalized spacial score (nSPS) is 15.0. The fourth-order valence-corrected chi connectivity index (χ4v) is 2.78. The van der Waals surface area contributed by atoms with E-state index < -0.39 is 0 Å².